The van der Waals surface area contributed by atoms with Crippen LogP contribution in [0.2, 0.25) is 5.02 Å². The first-order valence-electron chi connectivity index (χ1n) is 12.5. The summed E-state index contributed by atoms with van der Waals surface area (Å²) in [6.07, 6.45) is 7.86. The number of halogens is 1. The van der Waals surface area contributed by atoms with Gasteiger partial charge in [0.05, 0.1) is 30.2 Å². The standard InChI is InChI=1S/C28H32ClN3O4S/c1-4-25(26(33)30-19-8-6-5-7-9-19)37-28-31-23(16-18-10-13-21(35-2)14-11-18)27(34)32(28)20-12-15-24(36-3)22(29)17-20/h10-17,19,25H,4-9H2,1-3H3,(H,30,33)/b23-16+. The highest BCUT2D eigenvalue weighted by Gasteiger charge is 2.35. The van der Waals surface area contributed by atoms with Gasteiger partial charge in [-0.25, -0.2) is 4.99 Å². The van der Waals surface area contributed by atoms with Crippen LogP contribution in [0.25, 0.3) is 6.08 Å². The molecule has 0 spiro atoms. The predicted octanol–water partition coefficient (Wildman–Crippen LogP) is 6.06. The average molecular weight is 542 g/mol. The molecule has 1 heterocycles. The van der Waals surface area contributed by atoms with Gasteiger partial charge in [-0.1, -0.05) is 61.7 Å². The summed E-state index contributed by atoms with van der Waals surface area (Å²) in [5, 5.41) is 3.65. The minimum Gasteiger partial charge on any atom is -0.497 e. The number of hydrogen-bond donors (Lipinski definition) is 1. The summed E-state index contributed by atoms with van der Waals surface area (Å²) in [4.78, 5) is 33.0. The monoisotopic (exact) mass is 541 g/mol. The molecule has 0 bridgehead atoms. The molecule has 0 aromatic heterocycles. The summed E-state index contributed by atoms with van der Waals surface area (Å²) in [6.45, 7) is 1.97. The number of ether oxygens (including phenoxy) is 2. The molecular weight excluding hydrogens is 510 g/mol. The molecule has 2 amide bonds. The van der Waals surface area contributed by atoms with Gasteiger partial charge >= 0.3 is 0 Å². The molecule has 1 unspecified atom stereocenters. The van der Waals surface area contributed by atoms with Crippen LogP contribution in [0.4, 0.5) is 5.69 Å². The predicted molar refractivity (Wildman–Crippen MR) is 151 cm³/mol. The van der Waals surface area contributed by atoms with Gasteiger partial charge in [0.1, 0.15) is 17.2 Å². The van der Waals surface area contributed by atoms with Gasteiger partial charge in [-0.15, -0.1) is 0 Å². The van der Waals surface area contributed by atoms with Gasteiger partial charge in [0.15, 0.2) is 5.17 Å². The molecule has 1 fully saturated rings. The van der Waals surface area contributed by atoms with E-state index in [4.69, 9.17) is 21.1 Å². The van der Waals surface area contributed by atoms with E-state index in [-0.39, 0.29) is 28.8 Å². The molecule has 1 N–H and O–H groups in total. The van der Waals surface area contributed by atoms with E-state index in [0.29, 0.717) is 28.0 Å². The Balaban J connectivity index is 1.63. The smallest absolute Gasteiger partial charge is 0.283 e. The molecule has 7 nitrogen and oxygen atoms in total. The van der Waals surface area contributed by atoms with Gasteiger partial charge in [0, 0.05) is 6.04 Å². The maximum atomic E-state index is 13.6. The third-order valence-corrected chi connectivity index (χ3v) is 8.12. The highest BCUT2D eigenvalue weighted by atomic mass is 35.5. The molecule has 2 aromatic rings. The average Bonchev–Trinajstić information content (AvgIpc) is 3.22. The molecule has 1 saturated carbocycles. The SMILES string of the molecule is CCC(SC1=N/C(=C/c2ccc(OC)cc2)C(=O)N1c1ccc(OC)c(Cl)c1)C(=O)NC1CCCCC1. The Kier molecular flexibility index (Phi) is 9.16. The summed E-state index contributed by atoms with van der Waals surface area (Å²) in [6, 6.07) is 12.7. The Hall–Kier alpha value is -2.97. The lowest BCUT2D eigenvalue weighted by atomic mass is 9.95. The van der Waals surface area contributed by atoms with Crippen molar-refractivity contribution in [2.45, 2.75) is 56.7 Å². The number of amides is 2. The Morgan fingerprint density at radius 3 is 2.51 bits per heavy atom. The molecule has 1 aliphatic heterocycles. The van der Waals surface area contributed by atoms with Gasteiger partial charge in [0.2, 0.25) is 5.91 Å². The van der Waals surface area contributed by atoms with Crippen LogP contribution >= 0.6 is 23.4 Å². The molecule has 0 saturated heterocycles. The van der Waals surface area contributed by atoms with Crippen molar-refractivity contribution in [3.05, 3.63) is 58.7 Å². The lowest BCUT2D eigenvalue weighted by Gasteiger charge is -2.26. The molecule has 196 valence electrons. The van der Waals surface area contributed by atoms with Crippen molar-refractivity contribution in [2.24, 2.45) is 4.99 Å². The number of thioether (sulfide) groups is 1. The zero-order valence-electron chi connectivity index (χ0n) is 21.3. The number of methoxy groups -OCH3 is 2. The van der Waals surface area contributed by atoms with Gasteiger partial charge in [-0.2, -0.15) is 0 Å². The van der Waals surface area contributed by atoms with Gasteiger partial charge < -0.3 is 14.8 Å². The van der Waals surface area contributed by atoms with E-state index < -0.39 is 0 Å². The van der Waals surface area contributed by atoms with E-state index in [1.54, 1.807) is 31.4 Å². The molecule has 37 heavy (non-hydrogen) atoms. The molecule has 2 aliphatic rings. The highest BCUT2D eigenvalue weighted by molar-refractivity contribution is 8.15. The number of anilines is 1. The first-order valence-corrected chi connectivity index (χ1v) is 13.8. The molecule has 0 radical (unpaired) electrons. The van der Waals surface area contributed by atoms with E-state index in [1.807, 2.05) is 31.2 Å². The number of hydrogen-bond acceptors (Lipinski definition) is 6. The summed E-state index contributed by atoms with van der Waals surface area (Å²) in [5.74, 6) is 0.927. The third-order valence-electron chi connectivity index (χ3n) is 6.50. The van der Waals surface area contributed by atoms with E-state index in [1.165, 1.54) is 30.2 Å². The normalized spacial score (nSPS) is 18.1. The van der Waals surface area contributed by atoms with Gasteiger partial charge in [0.25, 0.3) is 5.91 Å². The zero-order valence-corrected chi connectivity index (χ0v) is 22.9. The number of carbonyl (C=O) groups is 2. The Bertz CT molecular complexity index is 1190. The Morgan fingerprint density at radius 1 is 1.16 bits per heavy atom. The van der Waals surface area contributed by atoms with Crippen molar-refractivity contribution in [3.63, 3.8) is 0 Å². The number of amidine groups is 1. The van der Waals surface area contributed by atoms with E-state index in [0.717, 1.165) is 37.0 Å². The van der Waals surface area contributed by atoms with Crippen molar-refractivity contribution in [1.29, 1.82) is 0 Å². The second kappa shape index (κ2) is 12.5. The lowest BCUT2D eigenvalue weighted by molar-refractivity contribution is -0.121. The number of rotatable bonds is 8. The fraction of sp³-hybridized carbons (Fsp3) is 0.393. The fourth-order valence-corrected chi connectivity index (χ4v) is 5.74. The largest absolute Gasteiger partial charge is 0.497 e. The van der Waals surface area contributed by atoms with Crippen molar-refractivity contribution in [2.75, 3.05) is 19.1 Å². The molecule has 9 heteroatoms. The summed E-state index contributed by atoms with van der Waals surface area (Å²) in [7, 11) is 3.14. The van der Waals surface area contributed by atoms with Crippen molar-refractivity contribution in [1.82, 2.24) is 5.32 Å². The van der Waals surface area contributed by atoms with Crippen molar-refractivity contribution < 1.29 is 19.1 Å². The van der Waals surface area contributed by atoms with E-state index in [2.05, 4.69) is 10.3 Å². The minimum atomic E-state index is -0.384. The van der Waals surface area contributed by atoms with Crippen LogP contribution in [-0.4, -0.2) is 42.5 Å². The zero-order chi connectivity index (χ0) is 26.4. The van der Waals surface area contributed by atoms with E-state index in [9.17, 15) is 9.59 Å². The van der Waals surface area contributed by atoms with Crippen LogP contribution in [0.1, 0.15) is 51.0 Å². The second-order valence-corrected chi connectivity index (χ2v) is 10.6. The van der Waals surface area contributed by atoms with Crippen molar-refractivity contribution in [3.8, 4) is 11.5 Å². The first kappa shape index (κ1) is 27.1. The molecule has 2 aromatic carbocycles. The number of aliphatic imine (C=N–C) groups is 1. The quantitative estimate of drug-likeness (QED) is 0.411. The second-order valence-electron chi connectivity index (χ2n) is 9.01. The number of nitrogens with zero attached hydrogens (tertiary/aromatic N) is 2. The van der Waals surface area contributed by atoms with Crippen LogP contribution in [-0.2, 0) is 9.59 Å². The molecule has 1 aliphatic carbocycles. The topological polar surface area (TPSA) is 80.2 Å². The molecular formula is C28H32ClN3O4S. The van der Waals surface area contributed by atoms with E-state index >= 15 is 0 Å². The highest BCUT2D eigenvalue weighted by Crippen LogP contribution is 2.36. The summed E-state index contributed by atoms with van der Waals surface area (Å²) >= 11 is 7.69. The lowest BCUT2D eigenvalue weighted by Crippen LogP contribution is -2.42. The maximum absolute atomic E-state index is 13.6. The molecule has 1 atom stereocenters. The maximum Gasteiger partial charge on any atom is 0.283 e. The number of carbonyl (C=O) groups excluding carboxylic acids is 2. The fourth-order valence-electron chi connectivity index (χ4n) is 4.45. The summed E-state index contributed by atoms with van der Waals surface area (Å²) < 4.78 is 10.5. The molecule has 4 rings (SSSR count). The minimum absolute atomic E-state index is 0.0187. The van der Waals surface area contributed by atoms with Crippen LogP contribution < -0.4 is 19.7 Å². The number of benzene rings is 2. The van der Waals surface area contributed by atoms with Gasteiger partial charge in [-0.3, -0.25) is 14.5 Å². The first-order chi connectivity index (χ1) is 17.9. The van der Waals surface area contributed by atoms with Crippen LogP contribution in [0.5, 0.6) is 11.5 Å². The third kappa shape index (κ3) is 6.48. The Morgan fingerprint density at radius 2 is 1.89 bits per heavy atom. The van der Waals surface area contributed by atoms with Crippen LogP contribution in [0, 0.1) is 0 Å². The van der Waals surface area contributed by atoms with Crippen LogP contribution in [0.3, 0.4) is 0 Å². The van der Waals surface area contributed by atoms with Crippen molar-refractivity contribution >= 4 is 52.1 Å². The van der Waals surface area contributed by atoms with Gasteiger partial charge in [-0.05, 0) is 61.2 Å². The Labute approximate surface area is 227 Å². The van der Waals surface area contributed by atoms with Crippen LogP contribution in [0.15, 0.2) is 53.2 Å². The number of nitrogens with one attached hydrogen (secondary N) is 1. The summed E-state index contributed by atoms with van der Waals surface area (Å²) in [5.41, 5.74) is 1.65.